The van der Waals surface area contributed by atoms with Crippen LogP contribution in [0.3, 0.4) is 0 Å². The summed E-state index contributed by atoms with van der Waals surface area (Å²) < 4.78 is 5.12. The number of amides is 1. The van der Waals surface area contributed by atoms with E-state index in [4.69, 9.17) is 10.5 Å². The molecule has 17 heavy (non-hydrogen) atoms. The van der Waals surface area contributed by atoms with E-state index >= 15 is 0 Å². The first-order valence-electron chi connectivity index (χ1n) is 5.82. The number of rotatable bonds is 5. The van der Waals surface area contributed by atoms with Crippen molar-refractivity contribution in [3.8, 4) is 0 Å². The molecule has 0 aliphatic carbocycles. The summed E-state index contributed by atoms with van der Waals surface area (Å²) in [5.41, 5.74) is 4.27. The lowest BCUT2D eigenvalue weighted by atomic mass is 9.89. The Kier molecular flexibility index (Phi) is 4.89. The average molecular weight is 244 g/mol. The van der Waals surface area contributed by atoms with Crippen LogP contribution in [0.4, 0.5) is 0 Å². The molecule has 1 aliphatic rings. The van der Waals surface area contributed by atoms with Gasteiger partial charge in [-0.1, -0.05) is 6.92 Å². The molecule has 1 aliphatic heterocycles. The Morgan fingerprint density at radius 3 is 2.53 bits per heavy atom. The maximum Gasteiger partial charge on any atom is 0.329 e. The zero-order valence-electron chi connectivity index (χ0n) is 10.1. The Labute approximate surface area is 101 Å². The minimum Gasteiger partial charge on any atom is -0.480 e. The summed E-state index contributed by atoms with van der Waals surface area (Å²) in [6, 6.07) is 0. The summed E-state index contributed by atoms with van der Waals surface area (Å²) in [6.45, 7) is 2.99. The van der Waals surface area contributed by atoms with Gasteiger partial charge in [0.15, 0.2) is 0 Å². The Balaban J connectivity index is 2.60. The molecule has 1 heterocycles. The van der Waals surface area contributed by atoms with Gasteiger partial charge in [0.2, 0.25) is 5.91 Å². The molecule has 1 rings (SSSR count). The molecule has 0 bridgehead atoms. The van der Waals surface area contributed by atoms with Crippen LogP contribution >= 0.6 is 0 Å². The SMILES string of the molecule is CC(CN)CC(=O)NC1(C(=O)O)CCOCC1. The Hall–Kier alpha value is -1.14. The number of hydrogen-bond donors (Lipinski definition) is 3. The maximum atomic E-state index is 11.7. The summed E-state index contributed by atoms with van der Waals surface area (Å²) in [4.78, 5) is 23.0. The van der Waals surface area contributed by atoms with Crippen molar-refractivity contribution in [2.24, 2.45) is 11.7 Å². The fourth-order valence-corrected chi connectivity index (χ4v) is 1.83. The van der Waals surface area contributed by atoms with Crippen molar-refractivity contribution < 1.29 is 19.4 Å². The number of nitrogens with two attached hydrogens (primary N) is 1. The van der Waals surface area contributed by atoms with Crippen LogP contribution in [0.25, 0.3) is 0 Å². The second kappa shape index (κ2) is 5.97. The van der Waals surface area contributed by atoms with Crippen LogP contribution in [0.2, 0.25) is 0 Å². The quantitative estimate of drug-likeness (QED) is 0.617. The third kappa shape index (κ3) is 3.67. The fraction of sp³-hybridized carbons (Fsp3) is 0.818. The van der Waals surface area contributed by atoms with Crippen LogP contribution in [0.1, 0.15) is 26.2 Å². The van der Waals surface area contributed by atoms with E-state index in [0.717, 1.165) is 0 Å². The van der Waals surface area contributed by atoms with Crippen LogP contribution in [-0.4, -0.2) is 42.3 Å². The number of ether oxygens (including phenoxy) is 1. The monoisotopic (exact) mass is 244 g/mol. The van der Waals surface area contributed by atoms with E-state index in [1.165, 1.54) is 0 Å². The van der Waals surface area contributed by atoms with Gasteiger partial charge in [-0.05, 0) is 12.5 Å². The predicted molar refractivity (Wildman–Crippen MR) is 61.4 cm³/mol. The second-order valence-electron chi connectivity index (χ2n) is 4.59. The van der Waals surface area contributed by atoms with Crippen LogP contribution in [0.5, 0.6) is 0 Å². The molecule has 0 aromatic carbocycles. The minimum absolute atomic E-state index is 0.0562. The molecule has 6 heteroatoms. The number of carboxylic acids is 1. The van der Waals surface area contributed by atoms with E-state index in [9.17, 15) is 14.7 Å². The van der Waals surface area contributed by atoms with E-state index in [2.05, 4.69) is 5.32 Å². The highest BCUT2D eigenvalue weighted by molar-refractivity contribution is 5.87. The normalized spacial score (nSPS) is 20.6. The number of carbonyl (C=O) groups is 2. The second-order valence-corrected chi connectivity index (χ2v) is 4.59. The molecule has 6 nitrogen and oxygen atoms in total. The average Bonchev–Trinajstić information content (AvgIpc) is 2.29. The van der Waals surface area contributed by atoms with Crippen molar-refractivity contribution in [1.29, 1.82) is 0 Å². The molecule has 4 N–H and O–H groups in total. The lowest BCUT2D eigenvalue weighted by Gasteiger charge is -2.34. The third-order valence-electron chi connectivity index (χ3n) is 3.07. The van der Waals surface area contributed by atoms with Crippen LogP contribution in [-0.2, 0) is 14.3 Å². The van der Waals surface area contributed by atoms with E-state index in [0.29, 0.717) is 32.6 Å². The van der Waals surface area contributed by atoms with Gasteiger partial charge in [-0.3, -0.25) is 4.79 Å². The Bertz CT molecular complexity index is 287. The lowest BCUT2D eigenvalue weighted by molar-refractivity contribution is -0.152. The van der Waals surface area contributed by atoms with Crippen LogP contribution < -0.4 is 11.1 Å². The molecule has 0 aromatic rings. The molecule has 0 spiro atoms. The van der Waals surface area contributed by atoms with Crippen molar-refractivity contribution in [3.63, 3.8) is 0 Å². The van der Waals surface area contributed by atoms with Gasteiger partial charge in [-0.25, -0.2) is 4.79 Å². The van der Waals surface area contributed by atoms with Gasteiger partial charge in [-0.15, -0.1) is 0 Å². The number of hydrogen-bond acceptors (Lipinski definition) is 4. The van der Waals surface area contributed by atoms with Gasteiger partial charge < -0.3 is 20.9 Å². The Morgan fingerprint density at radius 2 is 2.06 bits per heavy atom. The topological polar surface area (TPSA) is 102 Å². The zero-order valence-corrected chi connectivity index (χ0v) is 10.1. The van der Waals surface area contributed by atoms with Crippen molar-refractivity contribution in [2.75, 3.05) is 19.8 Å². The highest BCUT2D eigenvalue weighted by atomic mass is 16.5. The van der Waals surface area contributed by atoms with Gasteiger partial charge in [0, 0.05) is 32.5 Å². The molecule has 0 aromatic heterocycles. The molecule has 1 amide bonds. The zero-order chi connectivity index (χ0) is 12.9. The van der Waals surface area contributed by atoms with Gasteiger partial charge in [-0.2, -0.15) is 0 Å². The first-order chi connectivity index (χ1) is 8.00. The molecular formula is C11H20N2O4. The largest absolute Gasteiger partial charge is 0.480 e. The van der Waals surface area contributed by atoms with Gasteiger partial charge in [0.05, 0.1) is 0 Å². The van der Waals surface area contributed by atoms with Gasteiger partial charge >= 0.3 is 5.97 Å². The maximum absolute atomic E-state index is 11.7. The summed E-state index contributed by atoms with van der Waals surface area (Å²) in [7, 11) is 0. The Morgan fingerprint density at radius 1 is 1.47 bits per heavy atom. The first kappa shape index (κ1) is 13.9. The molecule has 1 atom stereocenters. The number of carboxylic acid groups (broad SMARTS) is 1. The van der Waals surface area contributed by atoms with Crippen molar-refractivity contribution in [3.05, 3.63) is 0 Å². The molecule has 0 radical (unpaired) electrons. The van der Waals surface area contributed by atoms with Crippen molar-refractivity contribution >= 4 is 11.9 Å². The molecule has 98 valence electrons. The van der Waals surface area contributed by atoms with E-state index < -0.39 is 11.5 Å². The fourth-order valence-electron chi connectivity index (χ4n) is 1.83. The van der Waals surface area contributed by atoms with Crippen molar-refractivity contribution in [2.45, 2.75) is 31.7 Å². The number of aliphatic carboxylic acids is 1. The molecular weight excluding hydrogens is 224 g/mol. The van der Waals surface area contributed by atoms with Gasteiger partial charge in [0.1, 0.15) is 5.54 Å². The smallest absolute Gasteiger partial charge is 0.329 e. The third-order valence-corrected chi connectivity index (χ3v) is 3.07. The van der Waals surface area contributed by atoms with Crippen LogP contribution in [0.15, 0.2) is 0 Å². The predicted octanol–water partition coefficient (Wildman–Crippen LogP) is -0.279. The van der Waals surface area contributed by atoms with Crippen LogP contribution in [0, 0.1) is 5.92 Å². The number of nitrogens with one attached hydrogen (secondary N) is 1. The van der Waals surface area contributed by atoms with E-state index in [-0.39, 0.29) is 18.2 Å². The molecule has 1 fully saturated rings. The van der Waals surface area contributed by atoms with E-state index in [1.807, 2.05) is 6.92 Å². The molecule has 1 unspecified atom stereocenters. The molecule has 0 saturated carbocycles. The summed E-state index contributed by atoms with van der Waals surface area (Å²) in [5.74, 6) is -1.19. The highest BCUT2D eigenvalue weighted by Crippen LogP contribution is 2.21. The van der Waals surface area contributed by atoms with Crippen molar-refractivity contribution in [1.82, 2.24) is 5.32 Å². The summed E-state index contributed by atoms with van der Waals surface area (Å²) in [5, 5.41) is 11.9. The summed E-state index contributed by atoms with van der Waals surface area (Å²) >= 11 is 0. The lowest BCUT2D eigenvalue weighted by Crippen LogP contribution is -2.57. The standard InChI is InChI=1S/C11H20N2O4/c1-8(7-12)6-9(14)13-11(10(15)16)2-4-17-5-3-11/h8H,2-7,12H2,1H3,(H,13,14)(H,15,16). The number of carbonyl (C=O) groups excluding carboxylic acids is 1. The minimum atomic E-state index is -1.16. The highest BCUT2D eigenvalue weighted by Gasteiger charge is 2.41. The summed E-state index contributed by atoms with van der Waals surface area (Å²) in [6.07, 6.45) is 0.878. The first-order valence-corrected chi connectivity index (χ1v) is 5.82. The molecule has 1 saturated heterocycles. The van der Waals surface area contributed by atoms with Gasteiger partial charge in [0.25, 0.3) is 0 Å². The van der Waals surface area contributed by atoms with E-state index in [1.54, 1.807) is 0 Å².